The van der Waals surface area contributed by atoms with Crippen LogP contribution in [0.3, 0.4) is 0 Å². The van der Waals surface area contributed by atoms with Crippen LogP contribution in [0.5, 0.6) is 5.75 Å². The largest absolute Gasteiger partial charge is 0.493 e. The lowest BCUT2D eigenvalue weighted by Gasteiger charge is -2.21. The summed E-state index contributed by atoms with van der Waals surface area (Å²) in [4.78, 5) is 12.4. The first-order valence-electron chi connectivity index (χ1n) is 6.66. The van der Waals surface area contributed by atoms with Crippen LogP contribution in [0.2, 0.25) is 0 Å². The van der Waals surface area contributed by atoms with E-state index in [-0.39, 0.29) is 5.78 Å². The van der Waals surface area contributed by atoms with E-state index in [0.29, 0.717) is 30.8 Å². The lowest BCUT2D eigenvalue weighted by molar-refractivity contribution is 0.0349. The van der Waals surface area contributed by atoms with Crippen LogP contribution < -0.4 is 4.74 Å². The first-order valence-corrected chi connectivity index (χ1v) is 6.66. The molecule has 18 heavy (non-hydrogen) atoms. The second-order valence-electron chi connectivity index (χ2n) is 4.91. The predicted molar refractivity (Wildman–Crippen MR) is 70.0 cm³/mol. The molecule has 1 saturated carbocycles. The summed E-state index contributed by atoms with van der Waals surface area (Å²) in [7, 11) is 0. The zero-order chi connectivity index (χ0) is 13.0. The van der Waals surface area contributed by atoms with E-state index >= 15 is 0 Å². The van der Waals surface area contributed by atoms with Crippen LogP contribution in [0.4, 0.5) is 0 Å². The van der Waals surface area contributed by atoms with Gasteiger partial charge in [0.05, 0.1) is 12.2 Å². The fraction of sp³-hybridized carbons (Fsp3) is 0.533. The monoisotopic (exact) mass is 248 g/mol. The fourth-order valence-electron chi connectivity index (χ4n) is 2.43. The molecule has 1 aliphatic rings. The molecule has 2 rings (SSSR count). The SMILES string of the molecule is CCCOc1ccccc1C(=O)C1(O)CCCC1. The summed E-state index contributed by atoms with van der Waals surface area (Å²) in [6.45, 7) is 2.61. The van der Waals surface area contributed by atoms with Gasteiger partial charge in [-0.1, -0.05) is 19.1 Å². The maximum atomic E-state index is 12.4. The van der Waals surface area contributed by atoms with E-state index in [1.165, 1.54) is 0 Å². The summed E-state index contributed by atoms with van der Waals surface area (Å²) >= 11 is 0. The quantitative estimate of drug-likeness (QED) is 0.815. The minimum absolute atomic E-state index is 0.188. The molecule has 1 aromatic rings. The third-order valence-corrected chi connectivity index (χ3v) is 3.45. The van der Waals surface area contributed by atoms with E-state index in [2.05, 4.69) is 0 Å². The lowest BCUT2D eigenvalue weighted by atomic mass is 9.91. The molecule has 1 aromatic carbocycles. The zero-order valence-corrected chi connectivity index (χ0v) is 10.8. The molecule has 1 fully saturated rings. The maximum absolute atomic E-state index is 12.4. The second-order valence-corrected chi connectivity index (χ2v) is 4.91. The zero-order valence-electron chi connectivity index (χ0n) is 10.8. The highest BCUT2D eigenvalue weighted by Crippen LogP contribution is 2.34. The Morgan fingerprint density at radius 2 is 2.00 bits per heavy atom. The molecule has 0 bridgehead atoms. The molecular weight excluding hydrogens is 228 g/mol. The molecular formula is C15H20O3. The van der Waals surface area contributed by atoms with Crippen molar-refractivity contribution in [3.05, 3.63) is 29.8 Å². The number of aliphatic hydroxyl groups is 1. The smallest absolute Gasteiger partial charge is 0.198 e. The highest BCUT2D eigenvalue weighted by Gasteiger charge is 2.40. The Bertz CT molecular complexity index is 420. The average molecular weight is 248 g/mol. The molecule has 0 amide bonds. The average Bonchev–Trinajstić information content (AvgIpc) is 2.84. The number of hydrogen-bond donors (Lipinski definition) is 1. The molecule has 0 aliphatic heterocycles. The van der Waals surface area contributed by atoms with Gasteiger partial charge in [0.1, 0.15) is 11.4 Å². The van der Waals surface area contributed by atoms with E-state index < -0.39 is 5.60 Å². The lowest BCUT2D eigenvalue weighted by Crippen LogP contribution is -2.35. The molecule has 1 N–H and O–H groups in total. The van der Waals surface area contributed by atoms with E-state index in [0.717, 1.165) is 19.3 Å². The van der Waals surface area contributed by atoms with E-state index in [4.69, 9.17) is 4.74 Å². The van der Waals surface area contributed by atoms with Crippen LogP contribution >= 0.6 is 0 Å². The fourth-order valence-corrected chi connectivity index (χ4v) is 2.43. The van der Waals surface area contributed by atoms with Crippen LogP contribution in [-0.4, -0.2) is 23.1 Å². The number of rotatable bonds is 5. The highest BCUT2D eigenvalue weighted by molar-refractivity contribution is 6.04. The Morgan fingerprint density at radius 3 is 2.67 bits per heavy atom. The first-order chi connectivity index (χ1) is 8.67. The van der Waals surface area contributed by atoms with Crippen molar-refractivity contribution < 1.29 is 14.6 Å². The van der Waals surface area contributed by atoms with Gasteiger partial charge in [0.2, 0.25) is 0 Å². The maximum Gasteiger partial charge on any atom is 0.198 e. The minimum Gasteiger partial charge on any atom is -0.493 e. The Balaban J connectivity index is 2.24. The minimum atomic E-state index is -1.17. The number of carbonyl (C=O) groups excluding carboxylic acids is 1. The molecule has 98 valence electrons. The summed E-state index contributed by atoms with van der Waals surface area (Å²) in [5.74, 6) is 0.399. The summed E-state index contributed by atoms with van der Waals surface area (Å²) < 4.78 is 5.58. The number of ketones is 1. The number of ether oxygens (including phenoxy) is 1. The summed E-state index contributed by atoms with van der Waals surface area (Å²) in [5, 5.41) is 10.4. The molecule has 0 aromatic heterocycles. The van der Waals surface area contributed by atoms with Gasteiger partial charge in [-0.25, -0.2) is 0 Å². The standard InChI is InChI=1S/C15H20O3/c1-2-11-18-13-8-4-3-7-12(13)14(16)15(17)9-5-6-10-15/h3-4,7-8,17H,2,5-6,9-11H2,1H3. The van der Waals surface area contributed by atoms with E-state index in [9.17, 15) is 9.90 Å². The van der Waals surface area contributed by atoms with Crippen molar-refractivity contribution >= 4 is 5.78 Å². The third-order valence-electron chi connectivity index (χ3n) is 3.45. The molecule has 0 radical (unpaired) electrons. The van der Waals surface area contributed by atoms with Gasteiger partial charge in [0.25, 0.3) is 0 Å². The van der Waals surface area contributed by atoms with E-state index in [1.807, 2.05) is 19.1 Å². The van der Waals surface area contributed by atoms with Gasteiger partial charge in [-0.3, -0.25) is 4.79 Å². The van der Waals surface area contributed by atoms with Crippen LogP contribution in [-0.2, 0) is 0 Å². The molecule has 0 spiro atoms. The normalized spacial score (nSPS) is 17.7. The summed E-state index contributed by atoms with van der Waals surface area (Å²) in [5.41, 5.74) is -0.665. The Labute approximate surface area is 108 Å². The highest BCUT2D eigenvalue weighted by atomic mass is 16.5. The van der Waals surface area contributed by atoms with Crippen LogP contribution in [0.1, 0.15) is 49.4 Å². The number of benzene rings is 1. The molecule has 3 nitrogen and oxygen atoms in total. The topological polar surface area (TPSA) is 46.5 Å². The van der Waals surface area contributed by atoms with E-state index in [1.54, 1.807) is 12.1 Å². The number of carbonyl (C=O) groups is 1. The van der Waals surface area contributed by atoms with Crippen molar-refractivity contribution in [2.75, 3.05) is 6.61 Å². The van der Waals surface area contributed by atoms with Gasteiger partial charge in [-0.2, -0.15) is 0 Å². The van der Waals surface area contributed by atoms with Crippen molar-refractivity contribution in [3.8, 4) is 5.75 Å². The van der Waals surface area contributed by atoms with Crippen molar-refractivity contribution in [1.29, 1.82) is 0 Å². The first kappa shape index (κ1) is 13.1. The molecule has 1 aliphatic carbocycles. The van der Waals surface area contributed by atoms with Gasteiger partial charge in [-0.15, -0.1) is 0 Å². The van der Waals surface area contributed by atoms with Gasteiger partial charge < -0.3 is 9.84 Å². The Morgan fingerprint density at radius 1 is 1.33 bits per heavy atom. The summed E-state index contributed by atoms with van der Waals surface area (Å²) in [6.07, 6.45) is 3.86. The molecule has 3 heteroatoms. The van der Waals surface area contributed by atoms with Crippen molar-refractivity contribution in [3.63, 3.8) is 0 Å². The molecule has 0 heterocycles. The Hall–Kier alpha value is -1.35. The van der Waals surface area contributed by atoms with Gasteiger partial charge in [0.15, 0.2) is 5.78 Å². The number of hydrogen-bond acceptors (Lipinski definition) is 3. The predicted octanol–water partition coefficient (Wildman–Crippen LogP) is 2.96. The van der Waals surface area contributed by atoms with Gasteiger partial charge in [0, 0.05) is 0 Å². The van der Waals surface area contributed by atoms with Crippen LogP contribution in [0.15, 0.2) is 24.3 Å². The molecule has 0 atom stereocenters. The number of para-hydroxylation sites is 1. The number of Topliss-reactive ketones (excluding diaryl/α,β-unsaturated/α-hetero) is 1. The molecule has 0 unspecified atom stereocenters. The van der Waals surface area contributed by atoms with Crippen molar-refractivity contribution in [1.82, 2.24) is 0 Å². The third kappa shape index (κ3) is 2.56. The second kappa shape index (κ2) is 5.53. The van der Waals surface area contributed by atoms with Gasteiger partial charge in [-0.05, 0) is 44.2 Å². The molecule has 0 saturated heterocycles. The summed E-state index contributed by atoms with van der Waals surface area (Å²) in [6, 6.07) is 7.19. The Kier molecular flexibility index (Phi) is 4.02. The van der Waals surface area contributed by atoms with Gasteiger partial charge >= 0.3 is 0 Å². The van der Waals surface area contributed by atoms with Crippen molar-refractivity contribution in [2.24, 2.45) is 0 Å². The van der Waals surface area contributed by atoms with Crippen LogP contribution in [0.25, 0.3) is 0 Å². The van der Waals surface area contributed by atoms with Crippen molar-refractivity contribution in [2.45, 2.75) is 44.6 Å². The van der Waals surface area contributed by atoms with Crippen LogP contribution in [0, 0.1) is 0 Å².